The molecule has 4 rings (SSSR count). The molecule has 1 fully saturated rings. The van der Waals surface area contributed by atoms with Gasteiger partial charge in [0, 0.05) is 37.1 Å². The fourth-order valence-electron chi connectivity index (χ4n) is 4.02. The molecule has 0 saturated carbocycles. The van der Waals surface area contributed by atoms with Crippen molar-refractivity contribution in [1.82, 2.24) is 4.31 Å². The molecule has 1 saturated heterocycles. The first-order chi connectivity index (χ1) is 14.2. The molecule has 7 nitrogen and oxygen atoms in total. The molecule has 1 amide bonds. The molecule has 0 aliphatic carbocycles. The summed E-state index contributed by atoms with van der Waals surface area (Å²) in [4.78, 5) is 15.2. The van der Waals surface area contributed by atoms with Crippen LogP contribution < -0.4 is 4.90 Å². The van der Waals surface area contributed by atoms with Crippen LogP contribution in [0.4, 0.5) is 5.69 Å². The van der Waals surface area contributed by atoms with Gasteiger partial charge in [-0.2, -0.15) is 4.31 Å². The Hall–Kier alpha value is -2.23. The molecule has 0 aromatic heterocycles. The van der Waals surface area contributed by atoms with Crippen molar-refractivity contribution in [3.8, 4) is 0 Å². The predicted octanol–water partition coefficient (Wildman–Crippen LogP) is 2.47. The summed E-state index contributed by atoms with van der Waals surface area (Å²) in [7, 11) is -6.84. The second-order valence-electron chi connectivity index (χ2n) is 7.76. The fourth-order valence-corrected chi connectivity index (χ4v) is 6.21. The Morgan fingerprint density at radius 2 is 1.47 bits per heavy atom. The lowest BCUT2D eigenvalue weighted by molar-refractivity contribution is 0.0985. The third-order valence-electron chi connectivity index (χ3n) is 5.65. The molecule has 0 unspecified atom stereocenters. The van der Waals surface area contributed by atoms with Crippen molar-refractivity contribution in [2.45, 2.75) is 35.5 Å². The van der Waals surface area contributed by atoms with E-state index in [0.717, 1.165) is 31.1 Å². The van der Waals surface area contributed by atoms with Crippen LogP contribution in [-0.4, -0.2) is 52.9 Å². The van der Waals surface area contributed by atoms with Gasteiger partial charge in [0.05, 0.1) is 9.79 Å². The molecular weight excluding hydrogens is 424 g/mol. The van der Waals surface area contributed by atoms with Crippen LogP contribution in [0.1, 0.15) is 35.2 Å². The maximum Gasteiger partial charge on any atom is 0.258 e. The molecular formula is C21H24N2O5S2. The average Bonchev–Trinajstić information content (AvgIpc) is 3.28. The maximum absolute atomic E-state index is 13.1. The normalized spacial score (nSPS) is 17.7. The lowest BCUT2D eigenvalue weighted by atomic mass is 10.0. The van der Waals surface area contributed by atoms with Gasteiger partial charge < -0.3 is 4.90 Å². The van der Waals surface area contributed by atoms with Crippen molar-refractivity contribution < 1.29 is 21.6 Å². The number of hydrogen-bond acceptors (Lipinski definition) is 5. The second-order valence-corrected chi connectivity index (χ2v) is 11.7. The van der Waals surface area contributed by atoms with Gasteiger partial charge in [0.15, 0.2) is 9.84 Å². The van der Waals surface area contributed by atoms with Crippen LogP contribution in [0.2, 0.25) is 0 Å². The number of rotatable bonds is 4. The topological polar surface area (TPSA) is 91.8 Å². The van der Waals surface area contributed by atoms with Gasteiger partial charge in [-0.3, -0.25) is 4.79 Å². The number of sulfone groups is 1. The van der Waals surface area contributed by atoms with Crippen molar-refractivity contribution in [3.63, 3.8) is 0 Å². The molecule has 2 heterocycles. The van der Waals surface area contributed by atoms with Crippen molar-refractivity contribution in [1.29, 1.82) is 0 Å². The number of carbonyl (C=O) groups is 1. The minimum Gasteiger partial charge on any atom is -0.308 e. The van der Waals surface area contributed by atoms with E-state index in [2.05, 4.69) is 0 Å². The molecule has 0 spiro atoms. The highest BCUT2D eigenvalue weighted by Gasteiger charge is 2.28. The van der Waals surface area contributed by atoms with Crippen molar-refractivity contribution in [3.05, 3.63) is 53.6 Å². The second kappa shape index (κ2) is 7.79. The molecule has 0 atom stereocenters. The molecule has 2 aromatic rings. The highest BCUT2D eigenvalue weighted by molar-refractivity contribution is 7.90. The van der Waals surface area contributed by atoms with Gasteiger partial charge in [0.1, 0.15) is 0 Å². The van der Waals surface area contributed by atoms with Crippen LogP contribution in [-0.2, 0) is 26.3 Å². The quantitative estimate of drug-likeness (QED) is 0.717. The minimum absolute atomic E-state index is 0.192. The molecule has 2 aliphatic heterocycles. The SMILES string of the molecule is CS(=O)(=O)c1ccc2c(c1)CCCN2C(=O)c1ccc(S(=O)(=O)N2CCCC2)cc1. The van der Waals surface area contributed by atoms with Crippen molar-refractivity contribution in [2.75, 3.05) is 30.8 Å². The number of amides is 1. The zero-order chi connectivity index (χ0) is 21.5. The lowest BCUT2D eigenvalue weighted by Gasteiger charge is -2.30. The van der Waals surface area contributed by atoms with Gasteiger partial charge in [0.25, 0.3) is 5.91 Å². The Morgan fingerprint density at radius 1 is 0.833 bits per heavy atom. The lowest BCUT2D eigenvalue weighted by Crippen LogP contribution is -2.35. The van der Waals surface area contributed by atoms with Gasteiger partial charge >= 0.3 is 0 Å². The highest BCUT2D eigenvalue weighted by Crippen LogP contribution is 2.31. The molecule has 0 radical (unpaired) electrons. The predicted molar refractivity (Wildman–Crippen MR) is 114 cm³/mol. The number of anilines is 1. The standard InChI is InChI=1S/C21H24N2O5S2/c1-29(25,26)19-10-11-20-17(15-19)5-4-14-23(20)21(24)16-6-8-18(9-7-16)30(27,28)22-12-2-3-13-22/h6-11,15H,2-5,12-14H2,1H3. The van der Waals surface area contributed by atoms with E-state index in [1.165, 1.54) is 22.5 Å². The van der Waals surface area contributed by atoms with Gasteiger partial charge in [-0.1, -0.05) is 0 Å². The smallest absolute Gasteiger partial charge is 0.258 e. The van der Waals surface area contributed by atoms with E-state index >= 15 is 0 Å². The van der Waals surface area contributed by atoms with E-state index in [4.69, 9.17) is 0 Å². The summed E-state index contributed by atoms with van der Waals surface area (Å²) in [5.74, 6) is -0.229. The Morgan fingerprint density at radius 3 is 2.10 bits per heavy atom. The van der Waals surface area contributed by atoms with Crippen molar-refractivity contribution in [2.24, 2.45) is 0 Å². The number of benzene rings is 2. The average molecular weight is 449 g/mol. The third-order valence-corrected chi connectivity index (χ3v) is 8.67. The molecule has 0 bridgehead atoms. The summed E-state index contributed by atoms with van der Waals surface area (Å²) in [6.45, 7) is 1.59. The zero-order valence-corrected chi connectivity index (χ0v) is 18.4. The molecule has 30 heavy (non-hydrogen) atoms. The highest BCUT2D eigenvalue weighted by atomic mass is 32.2. The molecule has 2 aliphatic rings. The van der Waals surface area contributed by atoms with Crippen LogP contribution in [0, 0.1) is 0 Å². The van der Waals surface area contributed by atoms with Crippen LogP contribution in [0.25, 0.3) is 0 Å². The Balaban J connectivity index is 1.60. The van der Waals surface area contributed by atoms with E-state index in [1.54, 1.807) is 29.2 Å². The largest absolute Gasteiger partial charge is 0.308 e. The van der Waals surface area contributed by atoms with E-state index in [0.29, 0.717) is 37.3 Å². The van der Waals surface area contributed by atoms with Crippen LogP contribution in [0.15, 0.2) is 52.3 Å². The van der Waals surface area contributed by atoms with E-state index in [1.807, 2.05) is 0 Å². The number of aryl methyl sites for hydroxylation is 1. The summed E-state index contributed by atoms with van der Waals surface area (Å²) in [5.41, 5.74) is 1.92. The van der Waals surface area contributed by atoms with E-state index in [-0.39, 0.29) is 15.7 Å². The molecule has 0 N–H and O–H groups in total. The summed E-state index contributed by atoms with van der Waals surface area (Å²) < 4.78 is 50.5. The number of carbonyl (C=O) groups excluding carboxylic acids is 1. The summed E-state index contributed by atoms with van der Waals surface area (Å²) in [5, 5.41) is 0. The minimum atomic E-state index is -3.52. The first-order valence-corrected chi connectivity index (χ1v) is 13.3. The van der Waals surface area contributed by atoms with Gasteiger partial charge in [0.2, 0.25) is 10.0 Å². The van der Waals surface area contributed by atoms with Crippen LogP contribution in [0.3, 0.4) is 0 Å². The Labute approximate surface area is 177 Å². The zero-order valence-electron chi connectivity index (χ0n) is 16.7. The van der Waals surface area contributed by atoms with Gasteiger partial charge in [-0.05, 0) is 73.7 Å². The van der Waals surface area contributed by atoms with E-state index in [9.17, 15) is 21.6 Å². The monoisotopic (exact) mass is 448 g/mol. The van der Waals surface area contributed by atoms with Crippen LogP contribution >= 0.6 is 0 Å². The number of hydrogen-bond donors (Lipinski definition) is 0. The summed E-state index contributed by atoms with van der Waals surface area (Å²) in [6, 6.07) is 10.9. The van der Waals surface area contributed by atoms with E-state index < -0.39 is 19.9 Å². The third kappa shape index (κ3) is 3.89. The Kier molecular flexibility index (Phi) is 5.46. The molecule has 2 aromatic carbocycles. The first-order valence-electron chi connectivity index (χ1n) is 9.93. The van der Waals surface area contributed by atoms with Crippen LogP contribution in [0.5, 0.6) is 0 Å². The molecule has 160 valence electrons. The fraction of sp³-hybridized carbons (Fsp3) is 0.381. The van der Waals surface area contributed by atoms with Crippen molar-refractivity contribution >= 4 is 31.5 Å². The number of fused-ring (bicyclic) bond motifs is 1. The first kappa shape index (κ1) is 21.0. The molecule has 9 heteroatoms. The number of nitrogens with zero attached hydrogens (tertiary/aromatic N) is 2. The van der Waals surface area contributed by atoms with Gasteiger partial charge in [-0.25, -0.2) is 16.8 Å². The maximum atomic E-state index is 13.1. The summed E-state index contributed by atoms with van der Waals surface area (Å²) in [6.07, 6.45) is 4.33. The van der Waals surface area contributed by atoms with Gasteiger partial charge in [-0.15, -0.1) is 0 Å². The Bertz CT molecular complexity index is 1180. The summed E-state index contributed by atoms with van der Waals surface area (Å²) >= 11 is 0. The number of sulfonamides is 1.